The highest BCUT2D eigenvalue weighted by Gasteiger charge is 2.44. The average molecular weight is 144 g/mol. The number of epoxide rings is 1. The van der Waals surface area contributed by atoms with E-state index in [0.717, 1.165) is 12.8 Å². The van der Waals surface area contributed by atoms with Crippen LogP contribution in [-0.4, -0.2) is 28.7 Å². The number of hydroxylamine groups is 2. The van der Waals surface area contributed by atoms with E-state index >= 15 is 0 Å². The molecule has 4 nitrogen and oxygen atoms in total. The first-order chi connectivity index (χ1) is 4.77. The van der Waals surface area contributed by atoms with Crippen molar-refractivity contribution in [2.45, 2.75) is 37.5 Å². The van der Waals surface area contributed by atoms with E-state index in [2.05, 4.69) is 0 Å². The summed E-state index contributed by atoms with van der Waals surface area (Å²) in [5.41, 5.74) is 0. The molecule has 0 amide bonds. The van der Waals surface area contributed by atoms with Crippen molar-refractivity contribution in [3.8, 4) is 0 Å². The third-order valence-corrected chi connectivity index (χ3v) is 2.29. The molecule has 3 unspecified atom stereocenters. The Morgan fingerprint density at radius 1 is 1.40 bits per heavy atom. The average Bonchev–Trinajstić information content (AvgIpc) is 2.63. The van der Waals surface area contributed by atoms with E-state index in [1.165, 1.54) is 0 Å². The molecule has 1 N–H and O–H groups in total. The van der Waals surface area contributed by atoms with Gasteiger partial charge in [-0.05, 0) is 19.3 Å². The van der Waals surface area contributed by atoms with Crippen LogP contribution in [0, 0.1) is 5.21 Å². The van der Waals surface area contributed by atoms with Crippen LogP contribution in [0.5, 0.6) is 0 Å². The molecule has 0 bridgehead atoms. The Morgan fingerprint density at radius 3 is 2.80 bits per heavy atom. The smallest absolute Gasteiger partial charge is 0.0857 e. The lowest BCUT2D eigenvalue weighted by atomic mass is 9.96. The maximum absolute atomic E-state index is 10.4. The fourth-order valence-electron chi connectivity index (χ4n) is 1.58. The number of fused-ring (bicyclic) bond motifs is 1. The fourth-order valence-corrected chi connectivity index (χ4v) is 1.58. The third-order valence-electron chi connectivity index (χ3n) is 2.29. The van der Waals surface area contributed by atoms with E-state index in [9.17, 15) is 5.21 Å². The van der Waals surface area contributed by atoms with Crippen molar-refractivity contribution < 1.29 is 9.94 Å². The van der Waals surface area contributed by atoms with Crippen molar-refractivity contribution in [1.29, 1.82) is 0 Å². The molecule has 1 aliphatic heterocycles. The standard InChI is InChI=1S/C6H10NO3/c8-7(9)4-1-2-5-6(3-4)10-5/h4-6,8H,1-3H2/q-1. The molecule has 2 aliphatic rings. The van der Waals surface area contributed by atoms with Crippen LogP contribution in [0.25, 0.3) is 0 Å². The molecule has 0 aromatic heterocycles. The zero-order chi connectivity index (χ0) is 7.14. The summed E-state index contributed by atoms with van der Waals surface area (Å²) < 4.78 is 5.18. The van der Waals surface area contributed by atoms with Crippen molar-refractivity contribution in [2.75, 3.05) is 0 Å². The van der Waals surface area contributed by atoms with E-state index < -0.39 is 0 Å². The first-order valence-electron chi connectivity index (χ1n) is 3.58. The number of hydrogen-bond acceptors (Lipinski definition) is 4. The van der Waals surface area contributed by atoms with Gasteiger partial charge in [-0.3, -0.25) is 5.23 Å². The molecule has 10 heavy (non-hydrogen) atoms. The number of ether oxygens (including phenoxy) is 1. The molecule has 1 saturated heterocycles. The summed E-state index contributed by atoms with van der Waals surface area (Å²) in [5.74, 6) is 0. The summed E-state index contributed by atoms with van der Waals surface area (Å²) in [5, 5.41) is 19.0. The van der Waals surface area contributed by atoms with E-state index in [4.69, 9.17) is 9.94 Å². The molecular formula is C6H10NO3-. The Kier molecular flexibility index (Phi) is 1.42. The minimum Gasteiger partial charge on any atom is -0.762 e. The van der Waals surface area contributed by atoms with Crippen LogP contribution in [0.15, 0.2) is 0 Å². The van der Waals surface area contributed by atoms with Crippen molar-refractivity contribution in [3.05, 3.63) is 5.21 Å². The van der Waals surface area contributed by atoms with Gasteiger partial charge >= 0.3 is 0 Å². The largest absolute Gasteiger partial charge is 0.762 e. The van der Waals surface area contributed by atoms with Gasteiger partial charge in [0.05, 0.1) is 12.2 Å². The first-order valence-corrected chi connectivity index (χ1v) is 3.58. The third kappa shape index (κ3) is 1.03. The van der Waals surface area contributed by atoms with Crippen LogP contribution in [0.1, 0.15) is 19.3 Å². The molecule has 1 saturated carbocycles. The van der Waals surface area contributed by atoms with Crippen molar-refractivity contribution in [2.24, 2.45) is 0 Å². The predicted molar refractivity (Wildman–Crippen MR) is 33.3 cm³/mol. The Morgan fingerprint density at radius 2 is 2.20 bits per heavy atom. The SMILES string of the molecule is [O-]N(O)C1CCC2OC2C1. The van der Waals surface area contributed by atoms with Crippen molar-refractivity contribution in [1.82, 2.24) is 5.23 Å². The van der Waals surface area contributed by atoms with Crippen LogP contribution in [0.4, 0.5) is 0 Å². The number of hydrogen-bond donors (Lipinski definition) is 1. The van der Waals surface area contributed by atoms with Crippen LogP contribution in [0.2, 0.25) is 0 Å². The summed E-state index contributed by atoms with van der Waals surface area (Å²) in [6.07, 6.45) is 3.05. The van der Waals surface area contributed by atoms with Gasteiger partial charge in [0.15, 0.2) is 0 Å². The first kappa shape index (κ1) is 6.54. The second kappa shape index (κ2) is 2.17. The second-order valence-electron chi connectivity index (χ2n) is 2.98. The number of rotatable bonds is 1. The van der Waals surface area contributed by atoms with Gasteiger partial charge in [0.2, 0.25) is 0 Å². The highest BCUT2D eigenvalue weighted by atomic mass is 16.8. The number of nitrogens with zero attached hydrogens (tertiary/aromatic N) is 1. The molecule has 0 radical (unpaired) electrons. The Bertz CT molecular complexity index is 139. The minimum atomic E-state index is -0.219. The molecule has 3 atom stereocenters. The maximum atomic E-state index is 10.4. The van der Waals surface area contributed by atoms with Gasteiger partial charge in [-0.1, -0.05) is 0 Å². The van der Waals surface area contributed by atoms with E-state index in [1.807, 2.05) is 0 Å². The zero-order valence-corrected chi connectivity index (χ0v) is 5.56. The highest BCUT2D eigenvalue weighted by molar-refractivity contribution is 4.94. The van der Waals surface area contributed by atoms with Crippen LogP contribution < -0.4 is 0 Å². The van der Waals surface area contributed by atoms with Gasteiger partial charge in [0, 0.05) is 6.04 Å². The lowest BCUT2D eigenvalue weighted by Gasteiger charge is -2.31. The van der Waals surface area contributed by atoms with Crippen LogP contribution in [-0.2, 0) is 4.74 Å². The lowest BCUT2D eigenvalue weighted by Crippen LogP contribution is -2.31. The molecule has 58 valence electrons. The Balaban J connectivity index is 1.88. The van der Waals surface area contributed by atoms with Gasteiger partial charge < -0.3 is 15.2 Å². The Labute approximate surface area is 58.9 Å². The van der Waals surface area contributed by atoms with Crippen LogP contribution in [0.3, 0.4) is 0 Å². The van der Waals surface area contributed by atoms with Gasteiger partial charge in [0.25, 0.3) is 0 Å². The van der Waals surface area contributed by atoms with Gasteiger partial charge in [-0.15, -0.1) is 0 Å². The molecule has 0 aromatic rings. The topological polar surface area (TPSA) is 59.1 Å². The van der Waals surface area contributed by atoms with Crippen molar-refractivity contribution in [3.63, 3.8) is 0 Å². The zero-order valence-electron chi connectivity index (χ0n) is 5.56. The maximum Gasteiger partial charge on any atom is 0.0857 e. The summed E-state index contributed by atoms with van der Waals surface area (Å²) in [4.78, 5) is 0. The summed E-state index contributed by atoms with van der Waals surface area (Å²) >= 11 is 0. The van der Waals surface area contributed by atoms with Gasteiger partial charge in [-0.2, -0.15) is 0 Å². The molecular weight excluding hydrogens is 134 g/mol. The molecule has 2 fully saturated rings. The quantitative estimate of drug-likeness (QED) is 0.430. The summed E-state index contributed by atoms with van der Waals surface area (Å²) in [6.45, 7) is 0. The van der Waals surface area contributed by atoms with E-state index in [0.29, 0.717) is 12.5 Å². The van der Waals surface area contributed by atoms with Crippen molar-refractivity contribution >= 4 is 0 Å². The van der Waals surface area contributed by atoms with Gasteiger partial charge in [0.1, 0.15) is 0 Å². The molecule has 0 spiro atoms. The molecule has 0 aromatic carbocycles. The Hall–Kier alpha value is -0.160. The van der Waals surface area contributed by atoms with E-state index in [-0.39, 0.29) is 17.4 Å². The highest BCUT2D eigenvalue weighted by Crippen LogP contribution is 2.37. The minimum absolute atomic E-state index is 0.0674. The lowest BCUT2D eigenvalue weighted by molar-refractivity contribution is -0.0865. The second-order valence-corrected chi connectivity index (χ2v) is 2.98. The normalized spacial score (nSPS) is 45.3. The fraction of sp³-hybridized carbons (Fsp3) is 1.00. The van der Waals surface area contributed by atoms with Crippen LogP contribution >= 0.6 is 0 Å². The summed E-state index contributed by atoms with van der Waals surface area (Å²) in [6, 6.07) is -0.219. The molecule has 1 heterocycles. The molecule has 2 rings (SSSR count). The monoisotopic (exact) mass is 144 g/mol. The molecule has 1 aliphatic carbocycles. The molecule has 4 heteroatoms. The summed E-state index contributed by atoms with van der Waals surface area (Å²) in [7, 11) is 0. The van der Waals surface area contributed by atoms with E-state index in [1.54, 1.807) is 0 Å². The predicted octanol–water partition coefficient (Wildman–Crippen LogP) is 0.495. The van der Waals surface area contributed by atoms with Gasteiger partial charge in [-0.25, -0.2) is 0 Å².